The minimum atomic E-state index is -0.708. The molecule has 210 valence electrons. The first kappa shape index (κ1) is 27.7. The van der Waals surface area contributed by atoms with Gasteiger partial charge in [0.2, 0.25) is 0 Å². The molecule has 0 unspecified atom stereocenters. The van der Waals surface area contributed by atoms with Crippen molar-refractivity contribution in [2.24, 2.45) is 46.3 Å². The lowest BCUT2D eigenvalue weighted by atomic mass is 9.42. The molecule has 0 aliphatic heterocycles. The zero-order valence-corrected chi connectivity index (χ0v) is 23.8. The zero-order chi connectivity index (χ0) is 27.3. The number of fused-ring (bicyclic) bond motifs is 5. The Bertz CT molecular complexity index is 1020. The predicted octanol–water partition coefficient (Wildman–Crippen LogP) is 6.66. The van der Waals surface area contributed by atoms with E-state index in [1.165, 1.54) is 12.0 Å². The van der Waals surface area contributed by atoms with Crippen LogP contribution in [0.5, 0.6) is 0 Å². The quantitative estimate of drug-likeness (QED) is 0.390. The molecule has 0 radical (unpaired) electrons. The molecule has 0 amide bonds. The fourth-order valence-corrected chi connectivity index (χ4v) is 10.3. The summed E-state index contributed by atoms with van der Waals surface area (Å²) in [4.78, 5) is 23.6. The molecule has 38 heavy (non-hydrogen) atoms. The number of aliphatic hydroxyl groups is 1. The molecule has 10 atom stereocenters. The van der Waals surface area contributed by atoms with Crippen LogP contribution in [-0.2, 0) is 20.7 Å². The SMILES string of the molecule is CC(=O)O[C@@H]1C[C@@H]2C[C@](O)(Cc3ccccc3)CC[C@]2(C)[C@H]2CC[C@]3(C)[C@@H]([C@H](C)CCC(=O)O)CC[C@H]3[C@H]12. The van der Waals surface area contributed by atoms with Crippen molar-refractivity contribution in [2.75, 3.05) is 0 Å². The van der Waals surface area contributed by atoms with Crippen molar-refractivity contribution in [1.82, 2.24) is 0 Å². The van der Waals surface area contributed by atoms with E-state index in [1.54, 1.807) is 6.92 Å². The highest BCUT2D eigenvalue weighted by molar-refractivity contribution is 5.66. The van der Waals surface area contributed by atoms with Gasteiger partial charge in [0.1, 0.15) is 6.10 Å². The molecule has 5 nitrogen and oxygen atoms in total. The molecule has 5 heteroatoms. The third kappa shape index (κ3) is 4.93. The second-order valence-electron chi connectivity index (χ2n) is 14.1. The lowest BCUT2D eigenvalue weighted by molar-refractivity contribution is -0.202. The maximum atomic E-state index is 12.4. The Morgan fingerprint density at radius 2 is 1.74 bits per heavy atom. The van der Waals surface area contributed by atoms with Gasteiger partial charge in [-0.15, -0.1) is 0 Å². The third-order valence-electron chi connectivity index (χ3n) is 12.1. The summed E-state index contributed by atoms with van der Waals surface area (Å²) in [5.41, 5.74) is 0.800. The third-order valence-corrected chi connectivity index (χ3v) is 12.1. The first-order chi connectivity index (χ1) is 17.9. The smallest absolute Gasteiger partial charge is 0.303 e. The van der Waals surface area contributed by atoms with Crippen LogP contribution < -0.4 is 0 Å². The fourth-order valence-electron chi connectivity index (χ4n) is 10.3. The molecule has 0 bridgehead atoms. The van der Waals surface area contributed by atoms with Crippen LogP contribution in [0.1, 0.15) is 97.5 Å². The lowest BCUT2D eigenvalue weighted by Gasteiger charge is -2.63. The van der Waals surface area contributed by atoms with Crippen molar-refractivity contribution in [1.29, 1.82) is 0 Å². The van der Waals surface area contributed by atoms with Crippen LogP contribution >= 0.6 is 0 Å². The van der Waals surface area contributed by atoms with Crippen molar-refractivity contribution in [3.05, 3.63) is 35.9 Å². The van der Waals surface area contributed by atoms with E-state index in [9.17, 15) is 19.8 Å². The van der Waals surface area contributed by atoms with E-state index in [2.05, 4.69) is 32.9 Å². The standard InChI is InChI=1S/C33H48O5/c1-21(10-13-29(35)36)25-11-12-26-30-27(14-15-32(25,26)4)31(3)16-17-33(37,19-23-8-6-5-7-9-23)20-24(31)18-28(30)38-22(2)34/h5-9,21,24-28,30,37H,10-20H2,1-4H3,(H,35,36)/t21-,24-,25-,26+,27+,28-,30+,31+,32-,33-/m1/s1. The van der Waals surface area contributed by atoms with Gasteiger partial charge >= 0.3 is 11.9 Å². The number of carbonyl (C=O) groups excluding carboxylic acids is 1. The largest absolute Gasteiger partial charge is 0.481 e. The average Bonchev–Trinajstić information content (AvgIpc) is 3.21. The normalized spacial score (nSPS) is 42.9. The van der Waals surface area contributed by atoms with Gasteiger partial charge in [-0.25, -0.2) is 0 Å². The monoisotopic (exact) mass is 524 g/mol. The van der Waals surface area contributed by atoms with Crippen LogP contribution in [0.15, 0.2) is 30.3 Å². The number of carboxylic acids is 1. The number of carbonyl (C=O) groups is 2. The summed E-state index contributed by atoms with van der Waals surface area (Å²) in [5.74, 6) is 1.72. The molecule has 4 aliphatic rings. The first-order valence-electron chi connectivity index (χ1n) is 15.1. The van der Waals surface area contributed by atoms with Crippen LogP contribution in [0.25, 0.3) is 0 Å². The van der Waals surface area contributed by atoms with E-state index >= 15 is 0 Å². The molecule has 4 saturated carbocycles. The predicted molar refractivity (Wildman–Crippen MR) is 147 cm³/mol. The summed E-state index contributed by atoms with van der Waals surface area (Å²) in [5, 5.41) is 21.0. The molecule has 5 rings (SSSR count). The van der Waals surface area contributed by atoms with Crippen LogP contribution in [0.4, 0.5) is 0 Å². The highest BCUT2D eigenvalue weighted by Gasteiger charge is 2.64. The molecule has 0 heterocycles. The highest BCUT2D eigenvalue weighted by atomic mass is 16.5. The second kappa shape index (κ2) is 10.3. The van der Waals surface area contributed by atoms with Crippen molar-refractivity contribution in [2.45, 2.75) is 110 Å². The van der Waals surface area contributed by atoms with Gasteiger partial charge in [-0.1, -0.05) is 51.1 Å². The Balaban J connectivity index is 1.40. The lowest BCUT2D eigenvalue weighted by Crippen LogP contribution is -2.61. The van der Waals surface area contributed by atoms with Crippen LogP contribution in [-0.4, -0.2) is 33.9 Å². The summed E-state index contributed by atoms with van der Waals surface area (Å²) in [6.07, 6.45) is 9.66. The fraction of sp³-hybridized carbons (Fsp3) is 0.758. The van der Waals surface area contributed by atoms with Gasteiger partial charge in [-0.2, -0.15) is 0 Å². The molecule has 4 fully saturated rings. The summed E-state index contributed by atoms with van der Waals surface area (Å²) in [7, 11) is 0. The summed E-state index contributed by atoms with van der Waals surface area (Å²) < 4.78 is 6.17. The number of benzene rings is 1. The molecule has 2 N–H and O–H groups in total. The van der Waals surface area contributed by atoms with Gasteiger partial charge in [0.15, 0.2) is 0 Å². The number of carboxylic acid groups (broad SMARTS) is 1. The van der Waals surface area contributed by atoms with Crippen LogP contribution in [0, 0.1) is 46.3 Å². The molecular formula is C33H48O5. The molecule has 0 saturated heterocycles. The Hall–Kier alpha value is -1.88. The van der Waals surface area contributed by atoms with Crippen molar-refractivity contribution < 1.29 is 24.5 Å². The molecular weight excluding hydrogens is 476 g/mol. The van der Waals surface area contributed by atoms with Gasteiger partial charge in [0.25, 0.3) is 0 Å². The zero-order valence-electron chi connectivity index (χ0n) is 23.8. The van der Waals surface area contributed by atoms with E-state index in [0.29, 0.717) is 41.9 Å². The van der Waals surface area contributed by atoms with Crippen molar-refractivity contribution in [3.8, 4) is 0 Å². The topological polar surface area (TPSA) is 83.8 Å². The number of ether oxygens (including phenoxy) is 1. The van der Waals surface area contributed by atoms with Gasteiger partial charge < -0.3 is 14.9 Å². The van der Waals surface area contributed by atoms with Crippen LogP contribution in [0.3, 0.4) is 0 Å². The maximum absolute atomic E-state index is 12.4. The number of hydrogen-bond acceptors (Lipinski definition) is 4. The van der Waals surface area contributed by atoms with Gasteiger partial charge in [0.05, 0.1) is 5.60 Å². The average molecular weight is 525 g/mol. The van der Waals surface area contributed by atoms with Gasteiger partial charge in [0, 0.05) is 25.7 Å². The van der Waals surface area contributed by atoms with Gasteiger partial charge in [-0.3, -0.25) is 9.59 Å². The second-order valence-corrected chi connectivity index (χ2v) is 14.1. The van der Waals surface area contributed by atoms with E-state index in [1.807, 2.05) is 18.2 Å². The van der Waals surface area contributed by atoms with Gasteiger partial charge in [-0.05, 0) is 104 Å². The number of esters is 1. The van der Waals surface area contributed by atoms with Crippen LogP contribution in [0.2, 0.25) is 0 Å². The van der Waals surface area contributed by atoms with Crippen molar-refractivity contribution >= 4 is 11.9 Å². The summed E-state index contributed by atoms with van der Waals surface area (Å²) in [6.45, 7) is 8.74. The first-order valence-corrected chi connectivity index (χ1v) is 15.1. The molecule has 0 aromatic heterocycles. The maximum Gasteiger partial charge on any atom is 0.303 e. The molecule has 4 aliphatic carbocycles. The molecule has 0 spiro atoms. The van der Waals surface area contributed by atoms with E-state index in [4.69, 9.17) is 4.74 Å². The van der Waals surface area contributed by atoms with E-state index in [-0.39, 0.29) is 29.3 Å². The minimum Gasteiger partial charge on any atom is -0.481 e. The number of aliphatic carboxylic acids is 1. The summed E-state index contributed by atoms with van der Waals surface area (Å²) >= 11 is 0. The Morgan fingerprint density at radius 1 is 1.03 bits per heavy atom. The molecule has 1 aromatic rings. The Kier molecular flexibility index (Phi) is 7.47. The van der Waals surface area contributed by atoms with E-state index in [0.717, 1.165) is 51.4 Å². The number of rotatable bonds is 7. The Morgan fingerprint density at radius 3 is 2.42 bits per heavy atom. The molecule has 1 aromatic carbocycles. The van der Waals surface area contributed by atoms with Crippen molar-refractivity contribution in [3.63, 3.8) is 0 Å². The summed E-state index contributed by atoms with van der Waals surface area (Å²) in [6, 6.07) is 10.3. The Labute approximate surface area is 228 Å². The van der Waals surface area contributed by atoms with E-state index < -0.39 is 11.6 Å². The number of hydrogen-bond donors (Lipinski definition) is 2. The minimum absolute atomic E-state index is 0.0904. The highest BCUT2D eigenvalue weighted by Crippen LogP contribution is 2.69.